The van der Waals surface area contributed by atoms with Crippen molar-refractivity contribution in [3.63, 3.8) is 0 Å². The second-order valence-corrected chi connectivity index (χ2v) is 4.41. The Morgan fingerprint density at radius 3 is 1.90 bits per heavy atom. The van der Waals surface area contributed by atoms with Crippen molar-refractivity contribution in [2.45, 2.75) is 44.7 Å². The van der Waals surface area contributed by atoms with Gasteiger partial charge in [0.1, 0.15) is 0 Å². The van der Waals surface area contributed by atoms with Crippen LogP contribution in [0.25, 0.3) is 0 Å². The summed E-state index contributed by atoms with van der Waals surface area (Å²) in [4.78, 5) is 2.56. The molecule has 3 fully saturated rings. The lowest BCUT2D eigenvalue weighted by Crippen LogP contribution is -2.68. The molecule has 0 unspecified atom stereocenters. The molecule has 0 saturated heterocycles. The Morgan fingerprint density at radius 1 is 1.30 bits per heavy atom. The first-order valence-corrected chi connectivity index (χ1v) is 4.37. The molecule has 3 aliphatic carbocycles. The molecule has 0 atom stereocenters. The van der Waals surface area contributed by atoms with E-state index in [4.69, 9.17) is 0 Å². The zero-order chi connectivity index (χ0) is 7.35. The predicted octanol–water partition coefficient (Wildman–Crippen LogP) is 1.88. The quantitative estimate of drug-likeness (QED) is 0.564. The van der Waals surface area contributed by atoms with Crippen LogP contribution in [0.1, 0.15) is 33.1 Å². The highest BCUT2D eigenvalue weighted by atomic mass is 15.2. The van der Waals surface area contributed by atoms with Crippen LogP contribution in [-0.2, 0) is 0 Å². The number of rotatable bonds is 2. The molecule has 0 N–H and O–H groups in total. The van der Waals surface area contributed by atoms with Crippen LogP contribution in [0.15, 0.2) is 0 Å². The summed E-state index contributed by atoms with van der Waals surface area (Å²) in [6.07, 6.45) is 4.46. The Hall–Kier alpha value is -0.0400. The molecule has 0 aromatic heterocycles. The summed E-state index contributed by atoms with van der Waals surface area (Å²) in [5, 5.41) is 0. The zero-order valence-corrected chi connectivity index (χ0v) is 7.22. The lowest BCUT2D eigenvalue weighted by atomic mass is 9.49. The summed E-state index contributed by atoms with van der Waals surface area (Å²) in [6, 6.07) is 0.737. The first kappa shape index (κ1) is 6.66. The monoisotopic (exact) mass is 139 g/mol. The van der Waals surface area contributed by atoms with Gasteiger partial charge in [-0.3, -0.25) is 4.90 Å². The van der Waals surface area contributed by atoms with Crippen molar-refractivity contribution >= 4 is 0 Å². The Bertz CT molecular complexity index is 134. The van der Waals surface area contributed by atoms with Crippen molar-refractivity contribution in [3.05, 3.63) is 0 Å². The molecule has 1 nitrogen and oxygen atoms in total. The predicted molar refractivity (Wildman–Crippen MR) is 43.0 cm³/mol. The molecule has 0 heterocycles. The highest BCUT2D eigenvalue weighted by Crippen LogP contribution is 2.60. The molecule has 0 aliphatic heterocycles. The number of nitrogens with zero attached hydrogens (tertiary/aromatic N) is 1. The molecule has 2 bridgehead atoms. The Morgan fingerprint density at radius 2 is 1.80 bits per heavy atom. The van der Waals surface area contributed by atoms with Crippen molar-refractivity contribution in [1.82, 2.24) is 4.90 Å². The minimum absolute atomic E-state index is 0.679. The largest absolute Gasteiger partial charge is 0.298 e. The number of hydrogen-bond acceptors (Lipinski definition) is 1. The van der Waals surface area contributed by atoms with Crippen LogP contribution in [0.5, 0.6) is 0 Å². The lowest BCUT2D eigenvalue weighted by Gasteiger charge is -2.67. The first-order valence-electron chi connectivity index (χ1n) is 4.37. The van der Waals surface area contributed by atoms with E-state index in [1.807, 2.05) is 0 Å². The van der Waals surface area contributed by atoms with Gasteiger partial charge in [0.2, 0.25) is 0 Å². The van der Waals surface area contributed by atoms with Gasteiger partial charge in [0.05, 0.1) is 0 Å². The van der Waals surface area contributed by atoms with Crippen molar-refractivity contribution in [1.29, 1.82) is 0 Å². The van der Waals surface area contributed by atoms with Gasteiger partial charge < -0.3 is 0 Å². The van der Waals surface area contributed by atoms with Crippen LogP contribution in [-0.4, -0.2) is 23.5 Å². The second kappa shape index (κ2) is 1.76. The fourth-order valence-corrected chi connectivity index (χ4v) is 2.41. The summed E-state index contributed by atoms with van der Waals surface area (Å²) in [7, 11) is 2.28. The Labute approximate surface area is 63.4 Å². The minimum Gasteiger partial charge on any atom is -0.298 e. The van der Waals surface area contributed by atoms with Gasteiger partial charge in [-0.25, -0.2) is 0 Å². The molecule has 58 valence electrons. The maximum Gasteiger partial charge on any atom is 0.0217 e. The highest BCUT2D eigenvalue weighted by Gasteiger charge is 2.59. The van der Waals surface area contributed by atoms with E-state index in [0.29, 0.717) is 5.54 Å². The summed E-state index contributed by atoms with van der Waals surface area (Å²) in [6.45, 7) is 4.58. The van der Waals surface area contributed by atoms with Gasteiger partial charge in [-0.05, 0) is 46.1 Å². The normalized spacial score (nSPS) is 43.5. The molecule has 3 rings (SSSR count). The summed E-state index contributed by atoms with van der Waals surface area (Å²) in [5.41, 5.74) is 0.679. The van der Waals surface area contributed by atoms with Gasteiger partial charge in [0.25, 0.3) is 0 Å². The van der Waals surface area contributed by atoms with Gasteiger partial charge in [-0.1, -0.05) is 0 Å². The fraction of sp³-hybridized carbons (Fsp3) is 1.00. The molecule has 10 heavy (non-hydrogen) atoms. The van der Waals surface area contributed by atoms with E-state index in [0.717, 1.165) is 12.0 Å². The second-order valence-electron chi connectivity index (χ2n) is 4.41. The topological polar surface area (TPSA) is 3.24 Å². The van der Waals surface area contributed by atoms with E-state index in [2.05, 4.69) is 25.8 Å². The summed E-state index contributed by atoms with van der Waals surface area (Å²) >= 11 is 0. The van der Waals surface area contributed by atoms with Gasteiger partial charge in [-0.15, -0.1) is 0 Å². The smallest absolute Gasteiger partial charge is 0.0217 e. The van der Waals surface area contributed by atoms with Gasteiger partial charge in [0, 0.05) is 11.6 Å². The van der Waals surface area contributed by atoms with Gasteiger partial charge >= 0.3 is 0 Å². The van der Waals surface area contributed by atoms with Crippen molar-refractivity contribution in [3.8, 4) is 0 Å². The van der Waals surface area contributed by atoms with Crippen molar-refractivity contribution in [2.24, 2.45) is 5.92 Å². The Balaban J connectivity index is 1.98. The molecule has 0 spiro atoms. The average molecular weight is 139 g/mol. The third kappa shape index (κ3) is 0.619. The molecule has 3 saturated carbocycles. The SMILES string of the molecule is CC(C)N(C)C12CC(C1)C2. The summed E-state index contributed by atoms with van der Waals surface area (Å²) in [5.74, 6) is 1.11. The van der Waals surface area contributed by atoms with E-state index in [1.165, 1.54) is 19.3 Å². The van der Waals surface area contributed by atoms with E-state index in [9.17, 15) is 0 Å². The van der Waals surface area contributed by atoms with Crippen LogP contribution >= 0.6 is 0 Å². The maximum atomic E-state index is 2.56. The lowest BCUT2D eigenvalue weighted by molar-refractivity contribution is -0.144. The molecule has 3 aliphatic rings. The molecular formula is C9H17N. The Kier molecular flexibility index (Phi) is 1.17. The molecule has 0 amide bonds. The number of hydrogen-bond donors (Lipinski definition) is 0. The van der Waals surface area contributed by atoms with E-state index in [1.54, 1.807) is 0 Å². The van der Waals surface area contributed by atoms with Crippen LogP contribution in [0.4, 0.5) is 0 Å². The maximum absolute atomic E-state index is 2.56. The fourth-order valence-electron chi connectivity index (χ4n) is 2.41. The van der Waals surface area contributed by atoms with Gasteiger partial charge in [-0.2, -0.15) is 0 Å². The van der Waals surface area contributed by atoms with Crippen molar-refractivity contribution in [2.75, 3.05) is 7.05 Å². The third-order valence-electron chi connectivity index (χ3n) is 3.53. The molecule has 1 heteroatoms. The van der Waals surface area contributed by atoms with Crippen LogP contribution in [0.3, 0.4) is 0 Å². The highest BCUT2D eigenvalue weighted by molar-refractivity contribution is 5.14. The van der Waals surface area contributed by atoms with Gasteiger partial charge in [0.15, 0.2) is 0 Å². The van der Waals surface area contributed by atoms with Crippen LogP contribution < -0.4 is 0 Å². The van der Waals surface area contributed by atoms with Crippen LogP contribution in [0, 0.1) is 5.92 Å². The molecule has 0 radical (unpaired) electrons. The molecule has 0 aromatic carbocycles. The average Bonchev–Trinajstić information content (AvgIpc) is 1.56. The van der Waals surface area contributed by atoms with E-state index < -0.39 is 0 Å². The third-order valence-corrected chi connectivity index (χ3v) is 3.53. The molecular weight excluding hydrogens is 122 g/mol. The first-order chi connectivity index (χ1) is 4.64. The zero-order valence-electron chi connectivity index (χ0n) is 7.22. The summed E-state index contributed by atoms with van der Waals surface area (Å²) < 4.78 is 0. The molecule has 0 aromatic rings. The van der Waals surface area contributed by atoms with E-state index in [-0.39, 0.29) is 0 Å². The van der Waals surface area contributed by atoms with E-state index >= 15 is 0 Å². The minimum atomic E-state index is 0.679. The van der Waals surface area contributed by atoms with Crippen molar-refractivity contribution < 1.29 is 0 Å². The standard InChI is InChI=1S/C9H17N/c1-7(2)10(3)9-4-8(5-9)6-9/h7-8H,4-6H2,1-3H3. The van der Waals surface area contributed by atoms with Crippen LogP contribution in [0.2, 0.25) is 0 Å².